The van der Waals surface area contributed by atoms with E-state index < -0.39 is 0 Å². The lowest BCUT2D eigenvalue weighted by atomic mass is 10.1. The lowest BCUT2D eigenvalue weighted by Crippen LogP contribution is -2.45. The lowest BCUT2D eigenvalue weighted by Gasteiger charge is -2.20. The third-order valence-corrected chi connectivity index (χ3v) is 2.90. The highest BCUT2D eigenvalue weighted by Gasteiger charge is 2.09. The number of rotatable bonds is 3. The first-order valence-electron chi connectivity index (χ1n) is 6.69. The van der Waals surface area contributed by atoms with Crippen LogP contribution in [0.2, 0.25) is 0 Å². The molecule has 0 spiro atoms. The van der Waals surface area contributed by atoms with Crippen LogP contribution < -0.4 is 11.1 Å². The molecule has 0 saturated carbocycles. The van der Waals surface area contributed by atoms with Gasteiger partial charge < -0.3 is 16.0 Å². The molecule has 0 atom stereocenters. The van der Waals surface area contributed by atoms with Gasteiger partial charge in [-0.05, 0) is 51.0 Å². The summed E-state index contributed by atoms with van der Waals surface area (Å²) in [5.41, 5.74) is 7.65. The van der Waals surface area contributed by atoms with Gasteiger partial charge in [-0.25, -0.2) is 4.39 Å². The molecule has 21 heavy (non-hydrogen) atoms. The van der Waals surface area contributed by atoms with Crippen LogP contribution in [0.1, 0.15) is 26.3 Å². The Morgan fingerprint density at radius 3 is 2.76 bits per heavy atom. The fraction of sp³-hybridized carbons (Fsp3) is 0.400. The Hall–Kier alpha value is -1.31. The summed E-state index contributed by atoms with van der Waals surface area (Å²) >= 11 is 0. The molecule has 0 radical (unpaired) electrons. The van der Waals surface area contributed by atoms with Crippen molar-refractivity contribution < 1.29 is 4.39 Å². The van der Waals surface area contributed by atoms with Gasteiger partial charge in [-0.3, -0.25) is 4.99 Å². The fourth-order valence-corrected chi connectivity index (χ4v) is 2.09. The predicted octanol–water partition coefficient (Wildman–Crippen LogP) is 3.17. The Bertz CT molecular complexity index is 628. The zero-order chi connectivity index (χ0) is 14.8. The highest BCUT2D eigenvalue weighted by atomic mass is 127. The topological polar surface area (TPSA) is 66.2 Å². The summed E-state index contributed by atoms with van der Waals surface area (Å²) in [6.45, 7) is 6.69. The summed E-state index contributed by atoms with van der Waals surface area (Å²) in [6.07, 6.45) is 2.66. The van der Waals surface area contributed by atoms with E-state index in [4.69, 9.17) is 5.73 Å². The molecule has 2 aromatic rings. The number of aromatic nitrogens is 1. The summed E-state index contributed by atoms with van der Waals surface area (Å²) < 4.78 is 13.1. The summed E-state index contributed by atoms with van der Waals surface area (Å²) in [5.74, 6) is 0.214. The minimum Gasteiger partial charge on any atom is -0.370 e. The molecule has 0 aliphatic heterocycles. The van der Waals surface area contributed by atoms with E-state index in [2.05, 4.69) is 15.3 Å². The number of hydrogen-bond acceptors (Lipinski definition) is 1. The van der Waals surface area contributed by atoms with Crippen molar-refractivity contribution in [3.63, 3.8) is 0 Å². The first-order valence-corrected chi connectivity index (χ1v) is 6.69. The molecular weight excluding hydrogens is 382 g/mol. The summed E-state index contributed by atoms with van der Waals surface area (Å²) in [7, 11) is 0. The highest BCUT2D eigenvalue weighted by Crippen LogP contribution is 2.19. The lowest BCUT2D eigenvalue weighted by molar-refractivity contribution is 0.508. The molecule has 116 valence electrons. The molecule has 2 rings (SSSR count). The average Bonchev–Trinajstić information content (AvgIpc) is 2.69. The van der Waals surface area contributed by atoms with E-state index in [1.54, 1.807) is 6.07 Å². The Morgan fingerprint density at radius 1 is 1.38 bits per heavy atom. The highest BCUT2D eigenvalue weighted by molar-refractivity contribution is 14.0. The summed E-state index contributed by atoms with van der Waals surface area (Å²) in [4.78, 5) is 7.37. The number of fused-ring (bicyclic) bond motifs is 1. The van der Waals surface area contributed by atoms with Gasteiger partial charge in [0.25, 0.3) is 0 Å². The van der Waals surface area contributed by atoms with Crippen molar-refractivity contribution in [3.8, 4) is 0 Å². The van der Waals surface area contributed by atoms with Gasteiger partial charge in [0, 0.05) is 29.2 Å². The van der Waals surface area contributed by atoms with Crippen molar-refractivity contribution in [3.05, 3.63) is 35.8 Å². The third-order valence-electron chi connectivity index (χ3n) is 2.90. The first-order chi connectivity index (χ1) is 9.35. The SMILES string of the molecule is CC(C)(C)NC(N)=NCCc1c[nH]c2cc(F)ccc12.I. The maximum absolute atomic E-state index is 13.1. The van der Waals surface area contributed by atoms with E-state index in [9.17, 15) is 4.39 Å². The monoisotopic (exact) mass is 404 g/mol. The van der Waals surface area contributed by atoms with E-state index in [0.29, 0.717) is 12.5 Å². The number of nitrogens with one attached hydrogen (secondary N) is 2. The number of H-pyrrole nitrogens is 1. The normalized spacial score (nSPS) is 12.3. The molecule has 1 aromatic heterocycles. The van der Waals surface area contributed by atoms with Crippen LogP contribution in [-0.2, 0) is 6.42 Å². The van der Waals surface area contributed by atoms with Crippen molar-refractivity contribution >= 4 is 40.8 Å². The molecule has 6 heteroatoms. The number of aromatic amines is 1. The summed E-state index contributed by atoms with van der Waals surface area (Å²) in [5, 5.41) is 4.15. The van der Waals surface area contributed by atoms with Crippen molar-refractivity contribution in [2.45, 2.75) is 32.7 Å². The predicted molar refractivity (Wildman–Crippen MR) is 96.8 cm³/mol. The molecular formula is C15H22FIN4. The number of nitrogens with zero attached hydrogens (tertiary/aromatic N) is 1. The molecule has 1 heterocycles. The molecule has 0 saturated heterocycles. The van der Waals surface area contributed by atoms with E-state index in [0.717, 1.165) is 22.9 Å². The molecule has 0 amide bonds. The maximum Gasteiger partial charge on any atom is 0.188 e. The van der Waals surface area contributed by atoms with Crippen molar-refractivity contribution in [1.82, 2.24) is 10.3 Å². The molecule has 0 bridgehead atoms. The van der Waals surface area contributed by atoms with Crippen LogP contribution in [0, 0.1) is 5.82 Å². The average molecular weight is 404 g/mol. The second kappa shape index (κ2) is 7.11. The van der Waals surface area contributed by atoms with E-state index in [1.807, 2.05) is 27.0 Å². The fourth-order valence-electron chi connectivity index (χ4n) is 2.09. The van der Waals surface area contributed by atoms with Gasteiger partial charge in [0.2, 0.25) is 0 Å². The zero-order valence-electron chi connectivity index (χ0n) is 12.5. The van der Waals surface area contributed by atoms with Gasteiger partial charge in [-0.2, -0.15) is 0 Å². The quantitative estimate of drug-likeness (QED) is 0.418. The molecule has 0 fully saturated rings. The second-order valence-corrected chi connectivity index (χ2v) is 5.90. The first kappa shape index (κ1) is 17.7. The molecule has 0 unspecified atom stereocenters. The number of benzene rings is 1. The van der Waals surface area contributed by atoms with Crippen LogP contribution in [-0.4, -0.2) is 23.0 Å². The standard InChI is InChI=1S/C15H21FN4.HI/c1-15(2,3)20-14(17)18-7-6-10-9-19-13-8-11(16)4-5-12(10)13;/h4-5,8-9,19H,6-7H2,1-3H3,(H3,17,18,20);1H. The molecule has 4 N–H and O–H groups in total. The minimum absolute atomic E-state index is 0. The number of guanidine groups is 1. The van der Waals surface area contributed by atoms with Crippen LogP contribution in [0.4, 0.5) is 4.39 Å². The maximum atomic E-state index is 13.1. The largest absolute Gasteiger partial charge is 0.370 e. The van der Waals surface area contributed by atoms with Crippen LogP contribution in [0.15, 0.2) is 29.4 Å². The van der Waals surface area contributed by atoms with E-state index >= 15 is 0 Å². The van der Waals surface area contributed by atoms with Crippen molar-refractivity contribution in [2.24, 2.45) is 10.7 Å². The van der Waals surface area contributed by atoms with Gasteiger partial charge in [0.05, 0.1) is 0 Å². The van der Waals surface area contributed by atoms with Gasteiger partial charge in [-0.1, -0.05) is 0 Å². The van der Waals surface area contributed by atoms with Crippen LogP contribution >= 0.6 is 24.0 Å². The molecule has 0 aliphatic rings. The molecule has 1 aromatic carbocycles. The van der Waals surface area contributed by atoms with Crippen molar-refractivity contribution in [2.75, 3.05) is 6.54 Å². The smallest absolute Gasteiger partial charge is 0.188 e. The van der Waals surface area contributed by atoms with Crippen LogP contribution in [0.5, 0.6) is 0 Å². The molecule has 0 aliphatic carbocycles. The van der Waals surface area contributed by atoms with Gasteiger partial charge in [-0.15, -0.1) is 24.0 Å². The number of nitrogens with two attached hydrogens (primary N) is 1. The van der Waals surface area contributed by atoms with E-state index in [-0.39, 0.29) is 35.3 Å². The summed E-state index contributed by atoms with van der Waals surface area (Å²) in [6, 6.07) is 4.76. The zero-order valence-corrected chi connectivity index (χ0v) is 14.9. The second-order valence-electron chi connectivity index (χ2n) is 5.90. The van der Waals surface area contributed by atoms with Gasteiger partial charge in [0.15, 0.2) is 5.96 Å². The van der Waals surface area contributed by atoms with Gasteiger partial charge >= 0.3 is 0 Å². The Labute approximate surface area is 141 Å². The number of halogens is 2. The van der Waals surface area contributed by atoms with Crippen LogP contribution in [0.25, 0.3) is 10.9 Å². The number of aliphatic imine (C=N–C) groups is 1. The minimum atomic E-state index is -0.234. The molecule has 4 nitrogen and oxygen atoms in total. The Kier molecular flexibility index (Phi) is 6.00. The van der Waals surface area contributed by atoms with E-state index in [1.165, 1.54) is 12.1 Å². The van der Waals surface area contributed by atoms with Crippen molar-refractivity contribution in [1.29, 1.82) is 0 Å². The number of hydrogen-bond donors (Lipinski definition) is 3. The van der Waals surface area contributed by atoms with Crippen LogP contribution in [0.3, 0.4) is 0 Å². The third kappa shape index (κ3) is 5.18. The Balaban J connectivity index is 0.00000220. The van der Waals surface area contributed by atoms with Gasteiger partial charge in [0.1, 0.15) is 5.82 Å². The Morgan fingerprint density at radius 2 is 2.10 bits per heavy atom.